The van der Waals surface area contributed by atoms with Gasteiger partial charge in [-0.2, -0.15) is 13.2 Å². The number of anilines is 1. The summed E-state index contributed by atoms with van der Waals surface area (Å²) < 4.78 is 41.4. The maximum absolute atomic E-state index is 13.9. The molecular formula is C25H19ClF3N3O2. The molecule has 1 aromatic heterocycles. The highest BCUT2D eigenvalue weighted by Crippen LogP contribution is 2.57. The van der Waals surface area contributed by atoms with Crippen molar-refractivity contribution in [2.75, 3.05) is 18.9 Å². The van der Waals surface area contributed by atoms with Gasteiger partial charge in [-0.05, 0) is 42.9 Å². The average Bonchev–Trinajstić information content (AvgIpc) is 3.28. The molecule has 3 atom stereocenters. The number of halogens is 4. The molecule has 174 valence electrons. The minimum Gasteiger partial charge on any atom is -0.323 e. The lowest BCUT2D eigenvalue weighted by molar-refractivity contribution is -0.136. The third-order valence-corrected chi connectivity index (χ3v) is 7.07. The number of aromatic nitrogens is 1. The van der Waals surface area contributed by atoms with E-state index in [1.54, 1.807) is 48.3 Å². The van der Waals surface area contributed by atoms with Crippen LogP contribution in [0.3, 0.4) is 0 Å². The Bertz CT molecular complexity index is 1280. The van der Waals surface area contributed by atoms with Gasteiger partial charge in [-0.15, -0.1) is 0 Å². The van der Waals surface area contributed by atoms with Crippen molar-refractivity contribution in [1.29, 1.82) is 0 Å². The number of alkyl halides is 3. The lowest BCUT2D eigenvalue weighted by Crippen LogP contribution is -2.51. The molecule has 2 aliphatic rings. The normalized spacial score (nSPS) is 24.3. The van der Waals surface area contributed by atoms with Crippen LogP contribution in [0.5, 0.6) is 0 Å². The van der Waals surface area contributed by atoms with Crippen LogP contribution in [0.15, 0.2) is 67.0 Å². The summed E-state index contributed by atoms with van der Waals surface area (Å²) in [5.41, 5.74) is -1.65. The number of likely N-dealkylation sites (tertiary alicyclic amines) is 1. The molecule has 3 aromatic rings. The number of para-hydroxylation sites is 1. The second-order valence-electron chi connectivity index (χ2n) is 8.57. The number of amides is 1. The first-order valence-corrected chi connectivity index (χ1v) is 11.0. The van der Waals surface area contributed by atoms with Crippen molar-refractivity contribution in [2.24, 2.45) is 5.92 Å². The van der Waals surface area contributed by atoms with Crippen LogP contribution in [-0.4, -0.2) is 35.2 Å². The Morgan fingerprint density at radius 2 is 1.88 bits per heavy atom. The van der Waals surface area contributed by atoms with Crippen LogP contribution >= 0.6 is 11.6 Å². The highest BCUT2D eigenvalue weighted by atomic mass is 35.5. The quantitative estimate of drug-likeness (QED) is 0.522. The molecule has 1 amide bonds. The molecule has 5 nitrogen and oxygen atoms in total. The number of carbonyl (C=O) groups is 2. The van der Waals surface area contributed by atoms with Crippen molar-refractivity contribution in [3.05, 3.63) is 94.3 Å². The molecule has 1 spiro atoms. The number of fused-ring (bicyclic) bond motifs is 2. The van der Waals surface area contributed by atoms with E-state index in [9.17, 15) is 22.8 Å². The van der Waals surface area contributed by atoms with Gasteiger partial charge in [0, 0.05) is 41.0 Å². The lowest BCUT2D eigenvalue weighted by atomic mass is 9.70. The fourth-order valence-corrected chi connectivity index (χ4v) is 5.53. The molecule has 1 saturated heterocycles. The van der Waals surface area contributed by atoms with Crippen molar-refractivity contribution in [2.45, 2.75) is 17.6 Å². The molecule has 5 rings (SSSR count). The predicted octanol–water partition coefficient (Wildman–Crippen LogP) is 5.13. The third kappa shape index (κ3) is 3.24. The van der Waals surface area contributed by atoms with Gasteiger partial charge in [-0.25, -0.2) is 0 Å². The Morgan fingerprint density at radius 1 is 1.15 bits per heavy atom. The second kappa shape index (κ2) is 7.92. The third-order valence-electron chi connectivity index (χ3n) is 6.82. The number of hydrogen-bond donors (Lipinski definition) is 1. The second-order valence-corrected chi connectivity index (χ2v) is 9.01. The molecule has 34 heavy (non-hydrogen) atoms. The Hall–Kier alpha value is -3.23. The summed E-state index contributed by atoms with van der Waals surface area (Å²) in [6.07, 6.45) is -1.73. The monoisotopic (exact) mass is 485 g/mol. The molecule has 0 unspecified atom stereocenters. The Kier molecular flexibility index (Phi) is 5.26. The number of pyridine rings is 1. The average molecular weight is 486 g/mol. The number of Topliss-reactive ketones (excluding diaryl/α,β-unsaturated/α-hetero) is 1. The molecule has 1 N–H and O–H groups in total. The molecule has 1 fully saturated rings. The Labute approximate surface area is 198 Å². The van der Waals surface area contributed by atoms with Crippen molar-refractivity contribution < 1.29 is 22.8 Å². The van der Waals surface area contributed by atoms with Gasteiger partial charge < -0.3 is 5.32 Å². The van der Waals surface area contributed by atoms with Crippen LogP contribution in [0, 0.1) is 5.92 Å². The summed E-state index contributed by atoms with van der Waals surface area (Å²) in [5.74, 6) is -2.48. The van der Waals surface area contributed by atoms with Crippen LogP contribution in [0.4, 0.5) is 18.9 Å². The van der Waals surface area contributed by atoms with Gasteiger partial charge in [-0.3, -0.25) is 19.5 Å². The van der Waals surface area contributed by atoms with E-state index in [1.807, 2.05) is 0 Å². The Balaban J connectivity index is 1.75. The molecule has 2 aliphatic heterocycles. The van der Waals surface area contributed by atoms with Crippen molar-refractivity contribution in [3.63, 3.8) is 0 Å². The van der Waals surface area contributed by atoms with E-state index in [4.69, 9.17) is 11.6 Å². The number of nitrogens with zero attached hydrogens (tertiary/aromatic N) is 2. The van der Waals surface area contributed by atoms with Crippen LogP contribution in [0.1, 0.15) is 33.0 Å². The molecular weight excluding hydrogens is 467 g/mol. The number of hydrogen-bond acceptors (Lipinski definition) is 4. The van der Waals surface area contributed by atoms with Gasteiger partial charge in [-0.1, -0.05) is 35.9 Å². The van der Waals surface area contributed by atoms with Gasteiger partial charge in [0.1, 0.15) is 5.54 Å². The summed E-state index contributed by atoms with van der Waals surface area (Å²) >= 11 is 6.06. The minimum atomic E-state index is -4.67. The molecule has 0 bridgehead atoms. The van der Waals surface area contributed by atoms with Gasteiger partial charge in [0.05, 0.1) is 17.2 Å². The van der Waals surface area contributed by atoms with E-state index >= 15 is 0 Å². The number of ketones is 1. The van der Waals surface area contributed by atoms with Crippen LogP contribution in [0.25, 0.3) is 0 Å². The van der Waals surface area contributed by atoms with Gasteiger partial charge in [0.15, 0.2) is 5.78 Å². The van der Waals surface area contributed by atoms with E-state index in [2.05, 4.69) is 10.3 Å². The number of carbonyl (C=O) groups excluding carboxylic acids is 2. The smallest absolute Gasteiger partial charge is 0.323 e. The topological polar surface area (TPSA) is 62.3 Å². The van der Waals surface area contributed by atoms with Crippen molar-refractivity contribution in [1.82, 2.24) is 9.88 Å². The van der Waals surface area contributed by atoms with Gasteiger partial charge in [0.25, 0.3) is 0 Å². The number of benzene rings is 2. The van der Waals surface area contributed by atoms with E-state index in [0.29, 0.717) is 5.02 Å². The molecule has 0 saturated carbocycles. The predicted molar refractivity (Wildman–Crippen MR) is 121 cm³/mol. The first-order chi connectivity index (χ1) is 16.2. The maximum Gasteiger partial charge on any atom is 0.418 e. The van der Waals surface area contributed by atoms with Gasteiger partial charge >= 0.3 is 6.18 Å². The summed E-state index contributed by atoms with van der Waals surface area (Å²) in [5, 5.41) is 2.98. The zero-order chi connectivity index (χ0) is 24.3. The highest BCUT2D eigenvalue weighted by molar-refractivity contribution is 6.30. The summed E-state index contributed by atoms with van der Waals surface area (Å²) in [4.78, 5) is 33.3. The summed E-state index contributed by atoms with van der Waals surface area (Å²) in [6.45, 7) is 0.279. The molecule has 3 heterocycles. The van der Waals surface area contributed by atoms with Crippen molar-refractivity contribution in [3.8, 4) is 0 Å². The highest BCUT2D eigenvalue weighted by Gasteiger charge is 2.65. The van der Waals surface area contributed by atoms with Crippen LogP contribution in [-0.2, 0) is 16.5 Å². The number of nitrogens with one attached hydrogen (secondary N) is 1. The summed E-state index contributed by atoms with van der Waals surface area (Å²) in [7, 11) is 1.66. The zero-order valence-corrected chi connectivity index (χ0v) is 18.7. The largest absolute Gasteiger partial charge is 0.418 e. The van der Waals surface area contributed by atoms with E-state index in [0.717, 1.165) is 11.6 Å². The summed E-state index contributed by atoms with van der Waals surface area (Å²) in [6, 6.07) is 13.9. The van der Waals surface area contributed by atoms with E-state index in [1.165, 1.54) is 24.5 Å². The molecule has 9 heteroatoms. The molecule has 0 radical (unpaired) electrons. The fourth-order valence-electron chi connectivity index (χ4n) is 5.40. The number of likely N-dealkylation sites (N-methyl/N-ethyl adjacent to an activating group) is 1. The zero-order valence-electron chi connectivity index (χ0n) is 17.9. The standard InChI is InChI=1S/C25H19ClF3N3O2/c1-32-13-17(14-7-9-16(26)10-8-14)20(22(33)15-4-3-11-30-12-15)24(32)18-5-2-6-19(25(27,28)29)21(18)31-23(24)34/h2-12,17,20H,13H2,1H3,(H,31,34)/t17-,20-,24+/m1/s1. The minimum absolute atomic E-state index is 0.147. The van der Waals surface area contributed by atoms with Crippen LogP contribution in [0.2, 0.25) is 5.02 Å². The first-order valence-electron chi connectivity index (χ1n) is 10.6. The van der Waals surface area contributed by atoms with Gasteiger partial charge in [0.2, 0.25) is 5.91 Å². The number of rotatable bonds is 3. The molecule has 2 aromatic carbocycles. The first kappa shape index (κ1) is 22.6. The molecule has 0 aliphatic carbocycles. The van der Waals surface area contributed by atoms with Crippen LogP contribution < -0.4 is 5.32 Å². The lowest BCUT2D eigenvalue weighted by Gasteiger charge is -2.35. The SMILES string of the molecule is CN1C[C@H](c2ccc(Cl)cc2)[C@H](C(=O)c2cccnc2)[C@@]12C(=O)Nc1c(C(F)(F)F)cccc12. The maximum atomic E-state index is 13.9. The van der Waals surface area contributed by atoms with Crippen molar-refractivity contribution >= 4 is 29.0 Å². The fraction of sp³-hybridized carbons (Fsp3) is 0.240. The Morgan fingerprint density at radius 3 is 2.53 bits per heavy atom. The van der Waals surface area contributed by atoms with E-state index in [-0.39, 0.29) is 29.1 Å². The van der Waals surface area contributed by atoms with E-state index < -0.39 is 35.0 Å².